The van der Waals surface area contributed by atoms with Gasteiger partial charge in [0, 0.05) is 0 Å². The molecule has 0 saturated heterocycles. The van der Waals surface area contributed by atoms with Crippen LogP contribution in [0.15, 0.2) is 48.0 Å². The molecule has 0 radical (unpaired) electrons. The van der Waals surface area contributed by atoms with Crippen LogP contribution >= 0.6 is 0 Å². The first-order valence-electron chi connectivity index (χ1n) is 9.95. The number of fused-ring (bicyclic) bond motifs is 1. The minimum atomic E-state index is -0.846. The fourth-order valence-corrected chi connectivity index (χ4v) is 3.04. The molecule has 0 aliphatic carbocycles. The second-order valence-electron chi connectivity index (χ2n) is 7.47. The number of amides is 1. The first kappa shape index (κ1) is 21.9. The van der Waals surface area contributed by atoms with Gasteiger partial charge in [-0.1, -0.05) is 44.2 Å². The molecule has 1 N–H and O–H groups in total. The predicted octanol–water partition coefficient (Wildman–Crippen LogP) is 3.87. The molecule has 0 saturated carbocycles. The molecule has 31 heavy (non-hydrogen) atoms. The number of rotatable bonds is 7. The number of hydrogen-bond donors (Lipinski definition) is 1. The van der Waals surface area contributed by atoms with Crippen molar-refractivity contribution in [2.45, 2.75) is 32.7 Å². The molecule has 0 aromatic heterocycles. The lowest BCUT2D eigenvalue weighted by atomic mass is 10.0. The second kappa shape index (κ2) is 9.81. The molecular weight excluding hydrogens is 396 g/mol. The molecule has 1 aliphatic heterocycles. The molecule has 3 rings (SSSR count). The van der Waals surface area contributed by atoms with Gasteiger partial charge in [-0.25, -0.2) is 4.79 Å². The van der Waals surface area contributed by atoms with Crippen molar-refractivity contribution in [2.75, 3.05) is 13.4 Å². The van der Waals surface area contributed by atoms with Crippen molar-refractivity contribution >= 4 is 18.0 Å². The number of carbonyl (C=O) groups excluding carboxylic acids is 2. The zero-order valence-electron chi connectivity index (χ0n) is 17.7. The predicted molar refractivity (Wildman–Crippen MR) is 114 cm³/mol. The van der Waals surface area contributed by atoms with Crippen LogP contribution in [-0.2, 0) is 14.3 Å². The summed E-state index contributed by atoms with van der Waals surface area (Å²) in [5.41, 5.74) is 2.52. The third-order valence-electron chi connectivity index (χ3n) is 4.86. The van der Waals surface area contributed by atoms with E-state index in [1.807, 2.05) is 36.4 Å². The number of ether oxygens (including phenoxy) is 3. The van der Waals surface area contributed by atoms with Gasteiger partial charge in [0.2, 0.25) is 6.79 Å². The smallest absolute Gasteiger partial charge is 0.349 e. The first-order valence-corrected chi connectivity index (χ1v) is 9.95. The Balaban J connectivity index is 1.54. The van der Waals surface area contributed by atoms with Crippen molar-refractivity contribution in [3.63, 3.8) is 0 Å². The van der Waals surface area contributed by atoms with Crippen LogP contribution in [-0.4, -0.2) is 25.3 Å². The van der Waals surface area contributed by atoms with E-state index >= 15 is 0 Å². The van der Waals surface area contributed by atoms with Crippen molar-refractivity contribution in [1.29, 1.82) is 5.26 Å². The monoisotopic (exact) mass is 420 g/mol. The van der Waals surface area contributed by atoms with E-state index in [1.165, 1.54) is 6.08 Å². The van der Waals surface area contributed by atoms with Crippen molar-refractivity contribution in [2.24, 2.45) is 0 Å². The largest absolute Gasteiger partial charge is 0.454 e. The summed E-state index contributed by atoms with van der Waals surface area (Å²) in [6, 6.07) is 14.5. The lowest BCUT2D eigenvalue weighted by Gasteiger charge is -2.15. The average molecular weight is 420 g/mol. The SMILES string of the molecule is CC(C)c1ccc(/C=C(\C#N)C(=O)OCC(=O)N[C@H](C)c2ccc3c(c2)OCO3)cc1. The summed E-state index contributed by atoms with van der Waals surface area (Å²) in [6.07, 6.45) is 1.44. The van der Waals surface area contributed by atoms with Crippen molar-refractivity contribution in [1.82, 2.24) is 5.32 Å². The molecule has 0 spiro atoms. The molecule has 0 unspecified atom stereocenters. The highest BCUT2D eigenvalue weighted by molar-refractivity contribution is 5.98. The Morgan fingerprint density at radius 1 is 1.10 bits per heavy atom. The van der Waals surface area contributed by atoms with Crippen molar-refractivity contribution < 1.29 is 23.8 Å². The van der Waals surface area contributed by atoms with E-state index in [2.05, 4.69) is 19.2 Å². The number of nitriles is 1. The minimum Gasteiger partial charge on any atom is -0.454 e. The Labute approximate surface area is 181 Å². The Kier molecular flexibility index (Phi) is 6.93. The van der Waals surface area contributed by atoms with Crippen molar-refractivity contribution in [3.05, 3.63) is 64.7 Å². The molecule has 1 aliphatic rings. The van der Waals surface area contributed by atoms with Crippen LogP contribution in [0.2, 0.25) is 0 Å². The van der Waals surface area contributed by atoms with Crippen LogP contribution in [0.3, 0.4) is 0 Å². The van der Waals surface area contributed by atoms with Gasteiger partial charge in [0.15, 0.2) is 18.1 Å². The summed E-state index contributed by atoms with van der Waals surface area (Å²) in [5, 5.41) is 12.0. The van der Waals surface area contributed by atoms with Crippen LogP contribution in [0.1, 0.15) is 49.4 Å². The third kappa shape index (κ3) is 5.64. The molecule has 0 bridgehead atoms. The summed E-state index contributed by atoms with van der Waals surface area (Å²) in [5.74, 6) is 0.344. The van der Waals surface area contributed by atoms with Crippen LogP contribution < -0.4 is 14.8 Å². The summed E-state index contributed by atoms with van der Waals surface area (Å²) < 4.78 is 15.6. The average Bonchev–Trinajstić information content (AvgIpc) is 3.24. The summed E-state index contributed by atoms with van der Waals surface area (Å²) in [7, 11) is 0. The fraction of sp³-hybridized carbons (Fsp3) is 0.292. The molecule has 2 aromatic rings. The number of carbonyl (C=O) groups is 2. The van der Waals surface area contributed by atoms with E-state index in [0.717, 1.165) is 11.1 Å². The van der Waals surface area contributed by atoms with Crippen molar-refractivity contribution in [3.8, 4) is 17.6 Å². The third-order valence-corrected chi connectivity index (χ3v) is 4.86. The summed E-state index contributed by atoms with van der Waals surface area (Å²) in [4.78, 5) is 24.4. The van der Waals surface area contributed by atoms with Crippen LogP contribution in [0, 0.1) is 11.3 Å². The highest BCUT2D eigenvalue weighted by Gasteiger charge is 2.18. The van der Waals surface area contributed by atoms with Gasteiger partial charge in [-0.3, -0.25) is 4.79 Å². The summed E-state index contributed by atoms with van der Waals surface area (Å²) >= 11 is 0. The maximum Gasteiger partial charge on any atom is 0.349 e. The second-order valence-corrected chi connectivity index (χ2v) is 7.47. The maximum absolute atomic E-state index is 12.2. The summed E-state index contributed by atoms with van der Waals surface area (Å²) in [6.45, 7) is 5.66. The highest BCUT2D eigenvalue weighted by atomic mass is 16.7. The van der Waals surface area contributed by atoms with Gasteiger partial charge in [-0.15, -0.1) is 0 Å². The molecule has 7 heteroatoms. The van der Waals surface area contributed by atoms with Crippen LogP contribution in [0.4, 0.5) is 0 Å². The maximum atomic E-state index is 12.2. The molecule has 2 aromatic carbocycles. The first-order chi connectivity index (χ1) is 14.9. The van der Waals surface area contributed by atoms with Gasteiger partial charge in [-0.05, 0) is 47.7 Å². The Morgan fingerprint density at radius 2 is 1.77 bits per heavy atom. The number of nitrogens with one attached hydrogen (secondary N) is 1. The number of nitrogens with zero attached hydrogens (tertiary/aromatic N) is 1. The fourth-order valence-electron chi connectivity index (χ4n) is 3.04. The van der Waals surface area contributed by atoms with Gasteiger partial charge < -0.3 is 19.5 Å². The number of benzene rings is 2. The Hall–Kier alpha value is -3.79. The molecule has 1 amide bonds. The van der Waals surface area contributed by atoms with Crippen LogP contribution in [0.5, 0.6) is 11.5 Å². The Morgan fingerprint density at radius 3 is 2.45 bits per heavy atom. The van der Waals surface area contributed by atoms with Gasteiger partial charge >= 0.3 is 5.97 Å². The van der Waals surface area contributed by atoms with E-state index in [9.17, 15) is 14.9 Å². The highest BCUT2D eigenvalue weighted by Crippen LogP contribution is 2.34. The molecule has 7 nitrogen and oxygen atoms in total. The Bertz CT molecular complexity index is 1030. The molecular formula is C24H24N2O5. The molecule has 1 atom stereocenters. The van der Waals surface area contributed by atoms with E-state index in [-0.39, 0.29) is 18.4 Å². The minimum absolute atomic E-state index is 0.172. The van der Waals surface area contributed by atoms with E-state index in [0.29, 0.717) is 23.0 Å². The lowest BCUT2D eigenvalue weighted by Crippen LogP contribution is -2.31. The van der Waals surface area contributed by atoms with E-state index in [4.69, 9.17) is 14.2 Å². The quantitative estimate of drug-likeness (QED) is 0.415. The zero-order valence-corrected chi connectivity index (χ0v) is 17.7. The standard InChI is InChI=1S/C24H24N2O5/c1-15(2)18-6-4-17(5-7-18)10-20(12-25)24(28)29-13-23(27)26-16(3)19-8-9-21-22(11-19)31-14-30-21/h4-11,15-16H,13-14H2,1-3H3,(H,26,27)/b20-10+/t16-/m1/s1. The van der Waals surface area contributed by atoms with E-state index < -0.39 is 18.5 Å². The van der Waals surface area contributed by atoms with Gasteiger partial charge in [0.25, 0.3) is 5.91 Å². The number of esters is 1. The van der Waals surface area contributed by atoms with Gasteiger partial charge in [0.1, 0.15) is 11.6 Å². The molecule has 160 valence electrons. The van der Waals surface area contributed by atoms with E-state index in [1.54, 1.807) is 19.1 Å². The lowest BCUT2D eigenvalue weighted by molar-refractivity contribution is -0.144. The molecule has 1 heterocycles. The normalized spacial score (nSPS) is 13.5. The van der Waals surface area contributed by atoms with Crippen LogP contribution in [0.25, 0.3) is 6.08 Å². The number of hydrogen-bond acceptors (Lipinski definition) is 6. The molecule has 0 fully saturated rings. The zero-order chi connectivity index (χ0) is 22.4. The van der Waals surface area contributed by atoms with Gasteiger partial charge in [-0.2, -0.15) is 5.26 Å². The topological polar surface area (TPSA) is 97.7 Å². The van der Waals surface area contributed by atoms with Gasteiger partial charge in [0.05, 0.1) is 6.04 Å².